The van der Waals surface area contributed by atoms with Gasteiger partial charge in [0.05, 0.1) is 17.7 Å². The van der Waals surface area contributed by atoms with E-state index < -0.39 is 0 Å². The highest BCUT2D eigenvalue weighted by atomic mass is 79.9. The lowest BCUT2D eigenvalue weighted by molar-refractivity contribution is 0.274. The third-order valence-electron chi connectivity index (χ3n) is 3.59. The van der Waals surface area contributed by atoms with Crippen molar-refractivity contribution >= 4 is 44.8 Å². The number of hydrogen-bond acceptors (Lipinski definition) is 2. The number of fused-ring (bicyclic) bond motifs is 1. The van der Waals surface area contributed by atoms with Gasteiger partial charge in [0.25, 0.3) is 0 Å². The van der Waals surface area contributed by atoms with E-state index in [4.69, 9.17) is 27.9 Å². The first-order valence-electron chi connectivity index (χ1n) is 6.69. The molecule has 0 spiro atoms. The van der Waals surface area contributed by atoms with Gasteiger partial charge in [-0.2, -0.15) is 0 Å². The molecule has 1 heterocycles. The van der Waals surface area contributed by atoms with E-state index in [2.05, 4.69) is 40.3 Å². The molecule has 3 rings (SSSR count). The topological polar surface area (TPSA) is 21.3 Å². The Morgan fingerprint density at radius 1 is 1.24 bits per heavy atom. The molecule has 0 saturated heterocycles. The number of halogens is 3. The zero-order valence-electron chi connectivity index (χ0n) is 11.4. The van der Waals surface area contributed by atoms with E-state index in [0.29, 0.717) is 16.7 Å². The summed E-state index contributed by atoms with van der Waals surface area (Å²) in [6.07, 6.45) is 0.871. The molecule has 2 nitrogen and oxygen atoms in total. The van der Waals surface area contributed by atoms with Gasteiger partial charge in [-0.05, 0) is 36.8 Å². The van der Waals surface area contributed by atoms with Crippen LogP contribution in [0.1, 0.15) is 23.6 Å². The van der Waals surface area contributed by atoms with Crippen molar-refractivity contribution in [2.45, 2.75) is 19.4 Å². The van der Waals surface area contributed by atoms with Crippen molar-refractivity contribution < 1.29 is 4.74 Å². The average molecular weight is 387 g/mol. The van der Waals surface area contributed by atoms with Crippen LogP contribution >= 0.6 is 39.1 Å². The van der Waals surface area contributed by atoms with Gasteiger partial charge in [0.2, 0.25) is 0 Å². The second-order valence-electron chi connectivity index (χ2n) is 5.10. The first kappa shape index (κ1) is 15.0. The van der Waals surface area contributed by atoms with Crippen LogP contribution in [0.5, 0.6) is 5.75 Å². The summed E-state index contributed by atoms with van der Waals surface area (Å²) in [7, 11) is 0. The molecule has 1 unspecified atom stereocenters. The van der Waals surface area contributed by atoms with Crippen LogP contribution in [0.25, 0.3) is 0 Å². The summed E-state index contributed by atoms with van der Waals surface area (Å²) in [6, 6.07) is 9.97. The van der Waals surface area contributed by atoms with Crippen LogP contribution < -0.4 is 10.1 Å². The number of hydrogen-bond donors (Lipinski definition) is 1. The SMILES string of the molecule is Cc1ccc(Br)cc1NC1CCOc2c(Cl)cc(Cl)cc21. The predicted octanol–water partition coefficient (Wildman–Crippen LogP) is 6.00. The first-order valence-corrected chi connectivity index (χ1v) is 8.24. The van der Waals surface area contributed by atoms with Crippen molar-refractivity contribution in [3.05, 3.63) is 56.0 Å². The van der Waals surface area contributed by atoms with Gasteiger partial charge in [0, 0.05) is 27.2 Å². The number of ether oxygens (including phenoxy) is 1. The molecule has 21 heavy (non-hydrogen) atoms. The summed E-state index contributed by atoms with van der Waals surface area (Å²) in [5.41, 5.74) is 3.30. The van der Waals surface area contributed by atoms with Crippen LogP contribution in [-0.2, 0) is 0 Å². The number of anilines is 1. The fraction of sp³-hybridized carbons (Fsp3) is 0.250. The lowest BCUT2D eigenvalue weighted by Gasteiger charge is -2.29. The third-order valence-corrected chi connectivity index (χ3v) is 4.59. The summed E-state index contributed by atoms with van der Waals surface area (Å²) in [5, 5.41) is 4.76. The number of aryl methyl sites for hydroxylation is 1. The summed E-state index contributed by atoms with van der Waals surface area (Å²) in [6.45, 7) is 2.72. The van der Waals surface area contributed by atoms with Crippen molar-refractivity contribution in [3.63, 3.8) is 0 Å². The van der Waals surface area contributed by atoms with E-state index in [-0.39, 0.29) is 6.04 Å². The monoisotopic (exact) mass is 385 g/mol. The van der Waals surface area contributed by atoms with Crippen LogP contribution in [-0.4, -0.2) is 6.61 Å². The minimum Gasteiger partial charge on any atom is -0.492 e. The second kappa shape index (κ2) is 6.07. The minimum atomic E-state index is 0.137. The van der Waals surface area contributed by atoms with E-state index >= 15 is 0 Å². The Kier molecular flexibility index (Phi) is 4.34. The summed E-state index contributed by atoms with van der Waals surface area (Å²) in [4.78, 5) is 0. The van der Waals surface area contributed by atoms with Gasteiger partial charge >= 0.3 is 0 Å². The molecule has 110 valence electrons. The Labute approximate surface area is 142 Å². The quantitative estimate of drug-likeness (QED) is 0.683. The van der Waals surface area contributed by atoms with Crippen LogP contribution in [0.3, 0.4) is 0 Å². The van der Waals surface area contributed by atoms with Gasteiger partial charge in [-0.25, -0.2) is 0 Å². The smallest absolute Gasteiger partial charge is 0.143 e. The van der Waals surface area contributed by atoms with Crippen molar-refractivity contribution in [1.82, 2.24) is 0 Å². The number of rotatable bonds is 2. The molecule has 1 atom stereocenters. The normalized spacial score (nSPS) is 17.0. The van der Waals surface area contributed by atoms with E-state index in [1.807, 2.05) is 12.1 Å². The highest BCUT2D eigenvalue weighted by Crippen LogP contribution is 2.41. The molecular weight excluding hydrogens is 373 g/mol. The van der Waals surface area contributed by atoms with Crippen molar-refractivity contribution in [2.24, 2.45) is 0 Å². The third kappa shape index (κ3) is 3.15. The maximum Gasteiger partial charge on any atom is 0.143 e. The summed E-state index contributed by atoms with van der Waals surface area (Å²) in [5.74, 6) is 0.734. The Hall–Kier alpha value is -0.900. The van der Waals surface area contributed by atoms with Gasteiger partial charge in [0.1, 0.15) is 5.75 Å². The molecule has 0 amide bonds. The number of nitrogens with one attached hydrogen (secondary N) is 1. The van der Waals surface area contributed by atoms with Crippen LogP contribution in [0.15, 0.2) is 34.8 Å². The lowest BCUT2D eigenvalue weighted by atomic mass is 9.99. The fourth-order valence-corrected chi connectivity index (χ4v) is 3.44. The maximum atomic E-state index is 6.23. The number of benzene rings is 2. The molecule has 2 aromatic carbocycles. The molecule has 1 N–H and O–H groups in total. The molecule has 5 heteroatoms. The molecular formula is C16H14BrCl2NO. The molecule has 0 radical (unpaired) electrons. The molecule has 0 fully saturated rings. The van der Waals surface area contributed by atoms with E-state index in [0.717, 1.165) is 27.9 Å². The fourth-order valence-electron chi connectivity index (χ4n) is 2.51. The summed E-state index contributed by atoms with van der Waals surface area (Å²) < 4.78 is 6.74. The molecule has 0 aliphatic carbocycles. The van der Waals surface area contributed by atoms with Gasteiger partial charge in [-0.3, -0.25) is 0 Å². The van der Waals surface area contributed by atoms with Crippen molar-refractivity contribution in [1.29, 1.82) is 0 Å². The van der Waals surface area contributed by atoms with E-state index in [9.17, 15) is 0 Å². The maximum absolute atomic E-state index is 6.23. The van der Waals surface area contributed by atoms with E-state index in [1.54, 1.807) is 6.07 Å². The zero-order chi connectivity index (χ0) is 15.0. The minimum absolute atomic E-state index is 0.137. The molecule has 0 bridgehead atoms. The molecule has 2 aromatic rings. The standard InChI is InChI=1S/C16H14BrCl2NO/c1-9-2-3-10(17)6-15(9)20-14-4-5-21-16-12(14)7-11(18)8-13(16)19/h2-3,6-8,14,20H,4-5H2,1H3. The molecule has 1 aliphatic heterocycles. The largest absolute Gasteiger partial charge is 0.492 e. The van der Waals surface area contributed by atoms with Gasteiger partial charge < -0.3 is 10.1 Å². The second-order valence-corrected chi connectivity index (χ2v) is 6.86. The van der Waals surface area contributed by atoms with Gasteiger partial charge in [-0.15, -0.1) is 0 Å². The highest BCUT2D eigenvalue weighted by molar-refractivity contribution is 9.10. The Balaban J connectivity index is 1.97. The van der Waals surface area contributed by atoms with Crippen molar-refractivity contribution in [2.75, 3.05) is 11.9 Å². The molecule has 0 aromatic heterocycles. The van der Waals surface area contributed by atoms with Crippen LogP contribution in [0, 0.1) is 6.92 Å². The van der Waals surface area contributed by atoms with Crippen LogP contribution in [0.2, 0.25) is 10.0 Å². The summed E-state index contributed by atoms with van der Waals surface area (Å²) >= 11 is 15.9. The molecule has 0 saturated carbocycles. The predicted molar refractivity (Wildman–Crippen MR) is 91.8 cm³/mol. The van der Waals surface area contributed by atoms with Crippen molar-refractivity contribution in [3.8, 4) is 5.75 Å². The Bertz CT molecular complexity index is 690. The Morgan fingerprint density at radius 2 is 2.05 bits per heavy atom. The highest BCUT2D eigenvalue weighted by Gasteiger charge is 2.24. The zero-order valence-corrected chi connectivity index (χ0v) is 14.5. The lowest BCUT2D eigenvalue weighted by Crippen LogP contribution is -2.21. The van der Waals surface area contributed by atoms with E-state index in [1.165, 1.54) is 5.56 Å². The van der Waals surface area contributed by atoms with Gasteiger partial charge in [-0.1, -0.05) is 45.2 Å². The average Bonchev–Trinajstić information content (AvgIpc) is 2.43. The van der Waals surface area contributed by atoms with Gasteiger partial charge in [0.15, 0.2) is 0 Å². The van der Waals surface area contributed by atoms with Crippen LogP contribution in [0.4, 0.5) is 5.69 Å². The first-order chi connectivity index (χ1) is 10.0. The Morgan fingerprint density at radius 3 is 2.86 bits per heavy atom. The molecule has 1 aliphatic rings.